The van der Waals surface area contributed by atoms with Gasteiger partial charge in [0.25, 0.3) is 0 Å². The van der Waals surface area contributed by atoms with Gasteiger partial charge in [0.2, 0.25) is 0 Å². The highest BCUT2D eigenvalue weighted by Gasteiger charge is 2.31. The second-order valence-electron chi connectivity index (χ2n) is 10.8. The SMILES string of the molecule is [B]C(CCCCC)(CCCCC)C(=O)Cc1ccc(OC(=O)C(CCCCC)CCCCCC)cc1. The summed E-state index contributed by atoms with van der Waals surface area (Å²) in [7, 11) is 6.69. The van der Waals surface area contributed by atoms with Crippen molar-refractivity contribution in [2.75, 3.05) is 0 Å². The Balaban J connectivity index is 2.74. The van der Waals surface area contributed by atoms with E-state index in [9.17, 15) is 9.59 Å². The molecule has 2 radical (unpaired) electrons. The number of hydrogen-bond acceptors (Lipinski definition) is 3. The van der Waals surface area contributed by atoms with Gasteiger partial charge in [-0.3, -0.25) is 9.59 Å². The molecule has 1 atom stereocenters. The third-order valence-electron chi connectivity index (χ3n) is 7.41. The summed E-state index contributed by atoms with van der Waals surface area (Å²) in [6, 6.07) is 7.47. The van der Waals surface area contributed by atoms with Crippen LogP contribution in [0.3, 0.4) is 0 Å². The Kier molecular flexibility index (Phi) is 17.6. The molecule has 36 heavy (non-hydrogen) atoms. The predicted octanol–water partition coefficient (Wildman–Crippen LogP) is 9.36. The van der Waals surface area contributed by atoms with Crippen LogP contribution in [0.15, 0.2) is 24.3 Å². The van der Waals surface area contributed by atoms with Gasteiger partial charge in [-0.2, -0.15) is 0 Å². The molecular formula is C32H53BO3. The Bertz CT molecular complexity index is 703. The molecule has 0 N–H and O–H groups in total. The van der Waals surface area contributed by atoms with Gasteiger partial charge in [-0.15, -0.1) is 0 Å². The second kappa shape index (κ2) is 19.5. The minimum absolute atomic E-state index is 0.0289. The van der Waals surface area contributed by atoms with Gasteiger partial charge in [0.05, 0.1) is 13.8 Å². The molecule has 0 saturated carbocycles. The Morgan fingerprint density at radius 2 is 1.19 bits per heavy atom. The van der Waals surface area contributed by atoms with Gasteiger partial charge in [-0.05, 0) is 48.7 Å². The summed E-state index contributed by atoms with van der Waals surface area (Å²) in [4.78, 5) is 26.2. The standard InChI is InChI=1S/C32H53BO3/c1-5-9-13-15-19-28(18-14-10-6-2)31(35)36-29-22-20-27(21-23-29)26-30(34)32(33,24-16-11-7-3)25-17-12-8-4/h20-23,28H,5-19,24-26H2,1-4H3. The van der Waals surface area contributed by atoms with E-state index in [1.165, 1.54) is 19.3 Å². The molecular weight excluding hydrogens is 443 g/mol. The molecule has 0 aromatic heterocycles. The van der Waals surface area contributed by atoms with Gasteiger partial charge >= 0.3 is 5.97 Å². The monoisotopic (exact) mass is 496 g/mol. The van der Waals surface area contributed by atoms with Crippen LogP contribution in [0.1, 0.15) is 142 Å². The Morgan fingerprint density at radius 1 is 0.722 bits per heavy atom. The molecule has 1 aromatic rings. The molecule has 0 amide bonds. The molecule has 202 valence electrons. The summed E-state index contributed by atoms with van der Waals surface area (Å²) in [5, 5.41) is -0.737. The number of carbonyl (C=O) groups is 2. The fraction of sp³-hybridized carbons (Fsp3) is 0.750. The summed E-state index contributed by atoms with van der Waals surface area (Å²) in [5.74, 6) is 0.552. The van der Waals surface area contributed by atoms with Crippen LogP contribution in [-0.2, 0) is 16.0 Å². The fourth-order valence-corrected chi connectivity index (χ4v) is 4.86. The summed E-state index contributed by atoms with van der Waals surface area (Å²) < 4.78 is 5.77. The summed E-state index contributed by atoms with van der Waals surface area (Å²) in [6.07, 6.45) is 18.2. The number of rotatable bonds is 22. The molecule has 0 heterocycles. The molecule has 0 aliphatic rings. The van der Waals surface area contributed by atoms with Crippen LogP contribution in [0, 0.1) is 5.92 Å². The van der Waals surface area contributed by atoms with E-state index in [-0.39, 0.29) is 17.7 Å². The lowest BCUT2D eigenvalue weighted by molar-refractivity contribution is -0.139. The van der Waals surface area contributed by atoms with Crippen LogP contribution in [0.25, 0.3) is 0 Å². The van der Waals surface area contributed by atoms with E-state index in [0.717, 1.165) is 95.5 Å². The molecule has 1 rings (SSSR count). The van der Waals surface area contributed by atoms with E-state index in [0.29, 0.717) is 12.2 Å². The first-order chi connectivity index (χ1) is 17.4. The molecule has 0 fully saturated rings. The number of ketones is 1. The maximum absolute atomic E-state index is 13.2. The lowest BCUT2D eigenvalue weighted by atomic mass is 9.59. The van der Waals surface area contributed by atoms with Crippen molar-refractivity contribution in [3.05, 3.63) is 29.8 Å². The van der Waals surface area contributed by atoms with Crippen LogP contribution in [-0.4, -0.2) is 19.6 Å². The lowest BCUT2D eigenvalue weighted by Crippen LogP contribution is -2.26. The van der Waals surface area contributed by atoms with Crippen molar-refractivity contribution in [2.45, 2.75) is 149 Å². The van der Waals surface area contributed by atoms with Crippen LogP contribution in [0.2, 0.25) is 5.31 Å². The largest absolute Gasteiger partial charge is 0.426 e. The lowest BCUT2D eigenvalue weighted by Gasteiger charge is -2.29. The molecule has 1 aromatic carbocycles. The zero-order valence-electron chi connectivity index (χ0n) is 23.9. The zero-order chi connectivity index (χ0) is 26.7. The van der Waals surface area contributed by atoms with Crippen molar-refractivity contribution in [1.82, 2.24) is 0 Å². The van der Waals surface area contributed by atoms with Crippen molar-refractivity contribution in [1.29, 1.82) is 0 Å². The molecule has 0 aliphatic carbocycles. The Labute approximate surface area is 224 Å². The number of esters is 1. The molecule has 0 saturated heterocycles. The van der Waals surface area contributed by atoms with Crippen LogP contribution >= 0.6 is 0 Å². The third-order valence-corrected chi connectivity index (χ3v) is 7.41. The van der Waals surface area contributed by atoms with Gasteiger partial charge in [-0.25, -0.2) is 0 Å². The molecule has 3 nitrogen and oxygen atoms in total. The average molecular weight is 497 g/mol. The summed E-state index contributed by atoms with van der Waals surface area (Å²) >= 11 is 0. The molecule has 0 aliphatic heterocycles. The van der Waals surface area contributed by atoms with Crippen molar-refractivity contribution in [3.63, 3.8) is 0 Å². The Hall–Kier alpha value is -1.58. The van der Waals surface area contributed by atoms with Crippen molar-refractivity contribution < 1.29 is 14.3 Å². The minimum Gasteiger partial charge on any atom is -0.426 e. The van der Waals surface area contributed by atoms with E-state index >= 15 is 0 Å². The van der Waals surface area contributed by atoms with Crippen molar-refractivity contribution >= 4 is 19.6 Å². The maximum atomic E-state index is 13.2. The van der Waals surface area contributed by atoms with E-state index in [1.807, 2.05) is 24.3 Å². The second-order valence-corrected chi connectivity index (χ2v) is 10.8. The van der Waals surface area contributed by atoms with E-state index in [4.69, 9.17) is 12.6 Å². The molecule has 0 spiro atoms. The fourth-order valence-electron chi connectivity index (χ4n) is 4.86. The predicted molar refractivity (Wildman–Crippen MR) is 154 cm³/mol. The smallest absolute Gasteiger partial charge is 0.314 e. The summed E-state index contributed by atoms with van der Waals surface area (Å²) in [6.45, 7) is 8.74. The average Bonchev–Trinajstić information content (AvgIpc) is 2.87. The highest BCUT2D eigenvalue weighted by Crippen LogP contribution is 2.38. The topological polar surface area (TPSA) is 43.4 Å². The number of carbonyl (C=O) groups excluding carboxylic acids is 2. The van der Waals surface area contributed by atoms with Crippen LogP contribution in [0.4, 0.5) is 0 Å². The van der Waals surface area contributed by atoms with Gasteiger partial charge in [0.15, 0.2) is 0 Å². The first-order valence-corrected chi connectivity index (χ1v) is 15.0. The maximum Gasteiger partial charge on any atom is 0.314 e. The Morgan fingerprint density at radius 3 is 1.72 bits per heavy atom. The van der Waals surface area contributed by atoms with Gasteiger partial charge in [-0.1, -0.05) is 123 Å². The minimum atomic E-state index is -0.737. The molecule has 0 bridgehead atoms. The van der Waals surface area contributed by atoms with Crippen LogP contribution in [0.5, 0.6) is 5.75 Å². The molecule has 1 unspecified atom stereocenters. The quantitative estimate of drug-likeness (QED) is 0.0695. The van der Waals surface area contributed by atoms with Crippen molar-refractivity contribution in [2.24, 2.45) is 5.92 Å². The normalized spacial score (nSPS) is 12.4. The highest BCUT2D eigenvalue weighted by atomic mass is 16.5. The number of ether oxygens (including phenoxy) is 1. The number of unbranched alkanes of at least 4 members (excludes halogenated alkanes) is 9. The zero-order valence-corrected chi connectivity index (χ0v) is 23.9. The van der Waals surface area contributed by atoms with E-state index < -0.39 is 5.31 Å². The third kappa shape index (κ3) is 13.1. The van der Waals surface area contributed by atoms with Gasteiger partial charge < -0.3 is 4.74 Å². The highest BCUT2D eigenvalue weighted by molar-refractivity contribution is 6.28. The number of Topliss-reactive ketones (excluding diaryl/α,β-unsaturated/α-hetero) is 1. The van der Waals surface area contributed by atoms with Gasteiger partial charge in [0, 0.05) is 6.42 Å². The summed E-state index contributed by atoms with van der Waals surface area (Å²) in [5.41, 5.74) is 0.930. The molecule has 4 heteroatoms. The van der Waals surface area contributed by atoms with Crippen LogP contribution < -0.4 is 4.74 Å². The van der Waals surface area contributed by atoms with Crippen molar-refractivity contribution in [3.8, 4) is 5.75 Å². The number of hydrogen-bond donors (Lipinski definition) is 0. The first-order valence-electron chi connectivity index (χ1n) is 15.0. The van der Waals surface area contributed by atoms with E-state index in [2.05, 4.69) is 27.7 Å². The van der Waals surface area contributed by atoms with Gasteiger partial charge in [0.1, 0.15) is 11.5 Å². The first kappa shape index (κ1) is 32.5. The number of benzene rings is 1. The van der Waals surface area contributed by atoms with E-state index in [1.54, 1.807) is 0 Å².